The molecular formula is C19H19ClN2O4. The van der Waals surface area contributed by atoms with Crippen molar-refractivity contribution in [2.75, 3.05) is 24.4 Å². The number of nitrogens with one attached hydrogen (secondary N) is 1. The van der Waals surface area contributed by atoms with Gasteiger partial charge in [0.1, 0.15) is 0 Å². The zero-order valence-corrected chi connectivity index (χ0v) is 15.5. The van der Waals surface area contributed by atoms with Gasteiger partial charge in [0.05, 0.1) is 29.8 Å². The Morgan fingerprint density at radius 3 is 2.35 bits per heavy atom. The smallest absolute Gasteiger partial charge is 0.337 e. The Hall–Kier alpha value is -2.86. The lowest BCUT2D eigenvalue weighted by molar-refractivity contribution is -0.116. The third-order valence-electron chi connectivity index (χ3n) is 3.82. The topological polar surface area (TPSA) is 75.7 Å². The number of methoxy groups -OCH3 is 1. The molecule has 0 bridgehead atoms. The maximum atomic E-state index is 12.3. The van der Waals surface area contributed by atoms with E-state index in [9.17, 15) is 14.4 Å². The van der Waals surface area contributed by atoms with Crippen molar-refractivity contribution in [1.82, 2.24) is 0 Å². The molecule has 0 unspecified atom stereocenters. The van der Waals surface area contributed by atoms with E-state index in [1.165, 1.54) is 37.1 Å². The van der Waals surface area contributed by atoms with Crippen molar-refractivity contribution in [3.05, 3.63) is 58.6 Å². The van der Waals surface area contributed by atoms with E-state index < -0.39 is 5.97 Å². The Morgan fingerprint density at radius 2 is 1.77 bits per heavy atom. The first-order chi connectivity index (χ1) is 12.3. The molecule has 0 spiro atoms. The van der Waals surface area contributed by atoms with Gasteiger partial charge in [0.2, 0.25) is 11.8 Å². The Labute approximate surface area is 156 Å². The van der Waals surface area contributed by atoms with Crippen LogP contribution in [0.15, 0.2) is 42.5 Å². The van der Waals surface area contributed by atoms with E-state index in [1.54, 1.807) is 31.3 Å². The van der Waals surface area contributed by atoms with Gasteiger partial charge in [0.15, 0.2) is 0 Å². The number of hydrogen-bond donors (Lipinski definition) is 1. The van der Waals surface area contributed by atoms with E-state index in [0.29, 0.717) is 16.3 Å². The molecule has 0 aliphatic heterocycles. The quantitative estimate of drug-likeness (QED) is 0.815. The molecule has 0 saturated heterocycles. The molecule has 0 radical (unpaired) electrons. The number of ether oxygens (including phenoxy) is 1. The molecule has 136 valence electrons. The maximum absolute atomic E-state index is 12.3. The highest BCUT2D eigenvalue weighted by atomic mass is 35.5. The second-order valence-corrected chi connectivity index (χ2v) is 6.06. The van der Waals surface area contributed by atoms with E-state index in [4.69, 9.17) is 11.6 Å². The minimum absolute atomic E-state index is 0.0735. The molecule has 1 N–H and O–H groups in total. The van der Waals surface area contributed by atoms with Gasteiger partial charge in [0, 0.05) is 19.7 Å². The molecule has 0 aliphatic rings. The summed E-state index contributed by atoms with van der Waals surface area (Å²) in [7, 11) is 2.96. The summed E-state index contributed by atoms with van der Waals surface area (Å²) in [5, 5.41) is 3.01. The maximum Gasteiger partial charge on any atom is 0.337 e. The number of rotatable bonds is 5. The van der Waals surface area contributed by atoms with Gasteiger partial charge < -0.3 is 15.0 Å². The first-order valence-electron chi connectivity index (χ1n) is 7.82. The molecule has 7 heteroatoms. The molecule has 0 aromatic heterocycles. The van der Waals surface area contributed by atoms with Gasteiger partial charge in [-0.25, -0.2) is 4.79 Å². The minimum atomic E-state index is -0.512. The van der Waals surface area contributed by atoms with E-state index in [2.05, 4.69) is 10.1 Å². The fourth-order valence-corrected chi connectivity index (χ4v) is 2.43. The van der Waals surface area contributed by atoms with Crippen LogP contribution in [0.4, 0.5) is 11.4 Å². The van der Waals surface area contributed by atoms with E-state index in [1.807, 2.05) is 0 Å². The number of hydrogen-bond acceptors (Lipinski definition) is 4. The Kier molecular flexibility index (Phi) is 6.36. The van der Waals surface area contributed by atoms with Crippen molar-refractivity contribution >= 4 is 40.8 Å². The molecule has 26 heavy (non-hydrogen) atoms. The third kappa shape index (κ3) is 4.83. The van der Waals surface area contributed by atoms with Crippen LogP contribution in [0.3, 0.4) is 0 Å². The lowest BCUT2D eigenvalue weighted by atomic mass is 10.1. The van der Waals surface area contributed by atoms with Crippen LogP contribution in [0, 0.1) is 0 Å². The number of carbonyl (C=O) groups is 3. The van der Waals surface area contributed by atoms with Crippen LogP contribution in [-0.2, 0) is 20.7 Å². The minimum Gasteiger partial charge on any atom is -0.465 e. The highest BCUT2D eigenvalue weighted by Crippen LogP contribution is 2.24. The first kappa shape index (κ1) is 19.5. The number of anilines is 2. The third-order valence-corrected chi connectivity index (χ3v) is 4.15. The number of nitrogens with zero attached hydrogens (tertiary/aromatic N) is 1. The summed E-state index contributed by atoms with van der Waals surface area (Å²) in [6, 6.07) is 11.6. The highest BCUT2D eigenvalue weighted by molar-refractivity contribution is 6.33. The molecule has 0 saturated carbocycles. The summed E-state index contributed by atoms with van der Waals surface area (Å²) in [5.41, 5.74) is 2.16. The average molecular weight is 375 g/mol. The summed E-state index contributed by atoms with van der Waals surface area (Å²) in [5.74, 6) is -0.862. The standard InChI is InChI=1S/C19H19ClN2O4/c1-12(23)22(2)15-7-4-13(5-8-15)10-18(24)21-17-11-14(19(25)26-3)6-9-16(17)20/h4-9,11H,10H2,1-3H3,(H,21,24). The van der Waals surface area contributed by atoms with Crippen LogP contribution in [-0.4, -0.2) is 31.9 Å². The van der Waals surface area contributed by atoms with Crippen LogP contribution in [0.25, 0.3) is 0 Å². The summed E-state index contributed by atoms with van der Waals surface area (Å²) in [6.07, 6.45) is 0.128. The van der Waals surface area contributed by atoms with Crippen molar-refractivity contribution in [2.24, 2.45) is 0 Å². The lowest BCUT2D eigenvalue weighted by Gasteiger charge is -2.15. The SMILES string of the molecule is COC(=O)c1ccc(Cl)c(NC(=O)Cc2ccc(N(C)C(C)=O)cc2)c1. The van der Waals surface area contributed by atoms with Crippen LogP contribution < -0.4 is 10.2 Å². The number of amides is 2. The fraction of sp³-hybridized carbons (Fsp3) is 0.211. The largest absolute Gasteiger partial charge is 0.465 e. The molecule has 2 rings (SSSR count). The zero-order valence-electron chi connectivity index (χ0n) is 14.7. The molecule has 6 nitrogen and oxygen atoms in total. The Bertz CT molecular complexity index is 834. The molecule has 0 atom stereocenters. The van der Waals surface area contributed by atoms with Gasteiger partial charge in [-0.2, -0.15) is 0 Å². The number of halogens is 1. The molecule has 0 heterocycles. The normalized spacial score (nSPS) is 10.2. The van der Waals surface area contributed by atoms with Crippen LogP contribution in [0.1, 0.15) is 22.8 Å². The molecule has 2 aromatic carbocycles. The van der Waals surface area contributed by atoms with Gasteiger partial charge in [-0.1, -0.05) is 23.7 Å². The Morgan fingerprint density at radius 1 is 1.12 bits per heavy atom. The second-order valence-electron chi connectivity index (χ2n) is 5.66. The fourth-order valence-electron chi connectivity index (χ4n) is 2.26. The van der Waals surface area contributed by atoms with Gasteiger partial charge in [-0.05, 0) is 35.9 Å². The number of esters is 1. The predicted octanol–water partition coefficient (Wildman–Crippen LogP) is 3.29. The summed E-state index contributed by atoms with van der Waals surface area (Å²) >= 11 is 6.07. The van der Waals surface area contributed by atoms with Gasteiger partial charge in [-0.3, -0.25) is 9.59 Å². The molecule has 0 aliphatic carbocycles. The lowest BCUT2D eigenvalue weighted by Crippen LogP contribution is -2.22. The predicted molar refractivity (Wildman–Crippen MR) is 101 cm³/mol. The van der Waals surface area contributed by atoms with Gasteiger partial charge in [-0.15, -0.1) is 0 Å². The Balaban J connectivity index is 2.07. The van der Waals surface area contributed by atoms with Crippen LogP contribution in [0.2, 0.25) is 5.02 Å². The first-order valence-corrected chi connectivity index (χ1v) is 8.20. The van der Waals surface area contributed by atoms with Crippen molar-refractivity contribution in [1.29, 1.82) is 0 Å². The van der Waals surface area contributed by atoms with E-state index in [0.717, 1.165) is 11.3 Å². The van der Waals surface area contributed by atoms with Gasteiger partial charge in [0.25, 0.3) is 0 Å². The summed E-state index contributed by atoms with van der Waals surface area (Å²) in [4.78, 5) is 36.7. The zero-order chi connectivity index (χ0) is 19.3. The summed E-state index contributed by atoms with van der Waals surface area (Å²) < 4.78 is 4.66. The van der Waals surface area contributed by atoms with E-state index in [-0.39, 0.29) is 18.2 Å². The second kappa shape index (κ2) is 8.49. The van der Waals surface area contributed by atoms with E-state index >= 15 is 0 Å². The number of benzene rings is 2. The molecule has 2 aromatic rings. The van der Waals surface area contributed by atoms with Crippen LogP contribution in [0.5, 0.6) is 0 Å². The van der Waals surface area contributed by atoms with Crippen molar-refractivity contribution in [3.63, 3.8) is 0 Å². The van der Waals surface area contributed by atoms with Crippen LogP contribution >= 0.6 is 11.6 Å². The summed E-state index contributed by atoms with van der Waals surface area (Å²) in [6.45, 7) is 1.48. The van der Waals surface area contributed by atoms with Gasteiger partial charge >= 0.3 is 5.97 Å². The average Bonchev–Trinajstić information content (AvgIpc) is 2.62. The highest BCUT2D eigenvalue weighted by Gasteiger charge is 2.12. The number of carbonyl (C=O) groups excluding carboxylic acids is 3. The molecule has 0 fully saturated rings. The van der Waals surface area contributed by atoms with Crippen molar-refractivity contribution in [2.45, 2.75) is 13.3 Å². The molecular weight excluding hydrogens is 356 g/mol. The monoisotopic (exact) mass is 374 g/mol. The van der Waals surface area contributed by atoms with Crippen molar-refractivity contribution < 1.29 is 19.1 Å². The van der Waals surface area contributed by atoms with Crippen molar-refractivity contribution in [3.8, 4) is 0 Å². The molecule has 2 amide bonds.